The molecule has 3 rings (SSSR count). The van der Waals surface area contributed by atoms with Crippen molar-refractivity contribution in [3.05, 3.63) is 64.5 Å². The monoisotopic (exact) mass is 272 g/mol. The molecule has 104 valence electrons. The van der Waals surface area contributed by atoms with Gasteiger partial charge in [-0.1, -0.05) is 18.2 Å². The fraction of sp³-hybridized carbons (Fsp3) is 0.294. The minimum atomic E-state index is -0.695. The molecule has 2 atom stereocenters. The predicted octanol–water partition coefficient (Wildman–Crippen LogP) is 4.00. The molecule has 1 N–H and O–H groups in total. The molecule has 0 aliphatic carbocycles. The summed E-state index contributed by atoms with van der Waals surface area (Å²) in [7, 11) is 0. The van der Waals surface area contributed by atoms with Gasteiger partial charge in [-0.25, -0.2) is 4.39 Å². The van der Waals surface area contributed by atoms with Crippen LogP contribution in [0.15, 0.2) is 36.4 Å². The van der Waals surface area contributed by atoms with Gasteiger partial charge < -0.3 is 9.84 Å². The molecule has 2 nitrogen and oxygen atoms in total. The summed E-state index contributed by atoms with van der Waals surface area (Å²) in [6.07, 6.45) is -0.442. The lowest BCUT2D eigenvalue weighted by atomic mass is 9.91. The Morgan fingerprint density at radius 1 is 1.15 bits per heavy atom. The molecule has 2 unspecified atom stereocenters. The number of aryl methyl sites for hydroxylation is 1. The van der Waals surface area contributed by atoms with Gasteiger partial charge in [-0.15, -0.1) is 0 Å². The van der Waals surface area contributed by atoms with Crippen LogP contribution in [-0.4, -0.2) is 5.11 Å². The second kappa shape index (κ2) is 4.91. The van der Waals surface area contributed by atoms with Crippen LogP contribution < -0.4 is 4.74 Å². The number of hydrogen-bond acceptors (Lipinski definition) is 2. The van der Waals surface area contributed by atoms with E-state index in [1.807, 2.05) is 12.1 Å². The van der Waals surface area contributed by atoms with Gasteiger partial charge in [0.15, 0.2) is 0 Å². The Morgan fingerprint density at radius 2 is 1.95 bits per heavy atom. The van der Waals surface area contributed by atoms with Crippen molar-refractivity contribution in [2.45, 2.75) is 32.5 Å². The summed E-state index contributed by atoms with van der Waals surface area (Å²) in [5.41, 5.74) is 3.99. The third-order valence-electron chi connectivity index (χ3n) is 4.03. The highest BCUT2D eigenvalue weighted by Gasteiger charge is 2.29. The van der Waals surface area contributed by atoms with Gasteiger partial charge in [0, 0.05) is 12.0 Å². The summed E-state index contributed by atoms with van der Waals surface area (Å²) in [6, 6.07) is 10.4. The zero-order valence-electron chi connectivity index (χ0n) is 11.6. The SMILES string of the molecule is Cc1cccc(C2CC(O)c3cc(F)ccc3O2)c1C. The number of fused-ring (bicyclic) bond motifs is 1. The highest BCUT2D eigenvalue weighted by Crippen LogP contribution is 2.41. The van der Waals surface area contributed by atoms with Crippen LogP contribution in [0.4, 0.5) is 4.39 Å². The first-order valence-corrected chi connectivity index (χ1v) is 6.76. The Morgan fingerprint density at radius 3 is 2.75 bits per heavy atom. The van der Waals surface area contributed by atoms with Gasteiger partial charge in [0.05, 0.1) is 6.10 Å². The van der Waals surface area contributed by atoms with E-state index in [0.717, 1.165) is 5.56 Å². The average molecular weight is 272 g/mol. The van der Waals surface area contributed by atoms with Crippen molar-refractivity contribution in [1.29, 1.82) is 0 Å². The van der Waals surface area contributed by atoms with E-state index in [1.165, 1.54) is 23.3 Å². The van der Waals surface area contributed by atoms with Crippen molar-refractivity contribution in [3.8, 4) is 5.75 Å². The second-order valence-electron chi connectivity index (χ2n) is 5.33. The second-order valence-corrected chi connectivity index (χ2v) is 5.33. The standard InChI is InChI=1S/C17H17FO2/c1-10-4-3-5-13(11(10)2)17-9-15(19)14-8-12(18)6-7-16(14)20-17/h3-8,15,17,19H,9H2,1-2H3. The maximum absolute atomic E-state index is 13.2. The summed E-state index contributed by atoms with van der Waals surface area (Å²) >= 11 is 0. The van der Waals surface area contributed by atoms with E-state index in [9.17, 15) is 9.50 Å². The third kappa shape index (κ3) is 2.18. The Kier molecular flexibility index (Phi) is 3.22. The predicted molar refractivity (Wildman–Crippen MR) is 75.3 cm³/mol. The summed E-state index contributed by atoms with van der Waals surface area (Å²) in [6.45, 7) is 4.11. The molecule has 0 aromatic heterocycles. The average Bonchev–Trinajstić information content (AvgIpc) is 2.42. The zero-order valence-corrected chi connectivity index (χ0v) is 11.6. The summed E-state index contributed by atoms with van der Waals surface area (Å²) < 4.78 is 19.2. The van der Waals surface area contributed by atoms with Gasteiger partial charge in [-0.3, -0.25) is 0 Å². The first-order valence-electron chi connectivity index (χ1n) is 6.76. The van der Waals surface area contributed by atoms with Crippen molar-refractivity contribution in [1.82, 2.24) is 0 Å². The summed E-state index contributed by atoms with van der Waals surface area (Å²) in [5.74, 6) is 0.215. The Labute approximate surface area is 117 Å². The zero-order chi connectivity index (χ0) is 14.3. The molecule has 1 aliphatic heterocycles. The van der Waals surface area contributed by atoms with Crippen LogP contribution in [0.25, 0.3) is 0 Å². The number of halogens is 1. The molecule has 3 heteroatoms. The molecule has 0 fully saturated rings. The van der Waals surface area contributed by atoms with E-state index in [0.29, 0.717) is 17.7 Å². The lowest BCUT2D eigenvalue weighted by Gasteiger charge is -2.31. The topological polar surface area (TPSA) is 29.5 Å². The molecule has 0 amide bonds. The maximum Gasteiger partial charge on any atom is 0.127 e. The van der Waals surface area contributed by atoms with Crippen LogP contribution in [0, 0.1) is 19.7 Å². The summed E-state index contributed by atoms with van der Waals surface area (Å²) in [4.78, 5) is 0. The van der Waals surface area contributed by atoms with Crippen LogP contribution in [0.3, 0.4) is 0 Å². The molecule has 0 saturated carbocycles. The Balaban J connectivity index is 1.99. The number of rotatable bonds is 1. The Bertz CT molecular complexity index is 651. The van der Waals surface area contributed by atoms with Crippen molar-refractivity contribution >= 4 is 0 Å². The van der Waals surface area contributed by atoms with E-state index in [-0.39, 0.29) is 11.9 Å². The number of hydrogen-bond donors (Lipinski definition) is 1. The maximum atomic E-state index is 13.2. The van der Waals surface area contributed by atoms with Crippen molar-refractivity contribution in [3.63, 3.8) is 0 Å². The molecule has 2 aromatic carbocycles. The molecular formula is C17H17FO2. The molecule has 0 spiro atoms. The van der Waals surface area contributed by atoms with Crippen molar-refractivity contribution in [2.75, 3.05) is 0 Å². The number of ether oxygens (including phenoxy) is 1. The molecule has 20 heavy (non-hydrogen) atoms. The van der Waals surface area contributed by atoms with E-state index in [2.05, 4.69) is 19.9 Å². The molecule has 1 aliphatic rings. The van der Waals surface area contributed by atoms with E-state index >= 15 is 0 Å². The van der Waals surface area contributed by atoms with Gasteiger partial charge in [0.2, 0.25) is 0 Å². The van der Waals surface area contributed by atoms with Crippen molar-refractivity contribution < 1.29 is 14.2 Å². The lowest BCUT2D eigenvalue weighted by Crippen LogP contribution is -2.20. The molecule has 0 saturated heterocycles. The minimum absolute atomic E-state index is 0.192. The van der Waals surface area contributed by atoms with Gasteiger partial charge >= 0.3 is 0 Å². The molecule has 1 heterocycles. The first-order chi connectivity index (χ1) is 9.56. The van der Waals surface area contributed by atoms with E-state index in [1.54, 1.807) is 6.07 Å². The smallest absolute Gasteiger partial charge is 0.127 e. The van der Waals surface area contributed by atoms with Crippen LogP contribution in [-0.2, 0) is 0 Å². The lowest BCUT2D eigenvalue weighted by molar-refractivity contribution is 0.0650. The highest BCUT2D eigenvalue weighted by molar-refractivity contribution is 5.41. The van der Waals surface area contributed by atoms with Gasteiger partial charge in [0.1, 0.15) is 17.7 Å². The summed E-state index contributed by atoms with van der Waals surface area (Å²) in [5, 5.41) is 10.2. The molecule has 0 radical (unpaired) electrons. The Hall–Kier alpha value is -1.87. The van der Waals surface area contributed by atoms with E-state index < -0.39 is 6.10 Å². The van der Waals surface area contributed by atoms with Gasteiger partial charge in [-0.2, -0.15) is 0 Å². The van der Waals surface area contributed by atoms with Crippen LogP contribution >= 0.6 is 0 Å². The third-order valence-corrected chi connectivity index (χ3v) is 4.03. The first kappa shape index (κ1) is 13.1. The van der Waals surface area contributed by atoms with Gasteiger partial charge in [0.25, 0.3) is 0 Å². The molecule has 2 aromatic rings. The highest BCUT2D eigenvalue weighted by atomic mass is 19.1. The molecule has 0 bridgehead atoms. The van der Waals surface area contributed by atoms with Gasteiger partial charge in [-0.05, 0) is 48.7 Å². The van der Waals surface area contributed by atoms with E-state index in [4.69, 9.17) is 4.74 Å². The fourth-order valence-electron chi connectivity index (χ4n) is 2.73. The number of benzene rings is 2. The minimum Gasteiger partial charge on any atom is -0.485 e. The number of aliphatic hydroxyl groups is 1. The largest absolute Gasteiger partial charge is 0.485 e. The fourth-order valence-corrected chi connectivity index (χ4v) is 2.73. The number of aliphatic hydroxyl groups excluding tert-OH is 1. The van der Waals surface area contributed by atoms with Crippen LogP contribution in [0.1, 0.15) is 40.9 Å². The quantitative estimate of drug-likeness (QED) is 0.850. The normalized spacial score (nSPS) is 21.2. The van der Waals surface area contributed by atoms with Crippen molar-refractivity contribution in [2.24, 2.45) is 0 Å². The molecular weight excluding hydrogens is 255 g/mol. The van der Waals surface area contributed by atoms with Crippen LogP contribution in [0.2, 0.25) is 0 Å². The van der Waals surface area contributed by atoms with Crippen LogP contribution in [0.5, 0.6) is 5.75 Å².